The Kier molecular flexibility index (Phi) is 7.06. The van der Waals surface area contributed by atoms with E-state index >= 15 is 0 Å². The van der Waals surface area contributed by atoms with Gasteiger partial charge in [-0.3, -0.25) is 4.79 Å². The average Bonchev–Trinajstić information content (AvgIpc) is 2.95. The van der Waals surface area contributed by atoms with Crippen molar-refractivity contribution >= 4 is 12.1 Å². The van der Waals surface area contributed by atoms with Crippen molar-refractivity contribution in [1.82, 2.24) is 4.90 Å². The minimum atomic E-state index is -0.331. The topological polar surface area (TPSA) is 81.9 Å². The van der Waals surface area contributed by atoms with Crippen molar-refractivity contribution in [3.8, 4) is 0 Å². The van der Waals surface area contributed by atoms with E-state index in [1.165, 1.54) is 0 Å². The molecule has 1 heterocycles. The van der Waals surface area contributed by atoms with Gasteiger partial charge in [-0.25, -0.2) is 4.79 Å². The minimum Gasteiger partial charge on any atom is -0.466 e. The molecule has 0 aromatic heterocycles. The highest BCUT2D eigenvalue weighted by Crippen LogP contribution is 2.22. The maximum Gasteiger partial charge on any atom is 0.410 e. The van der Waals surface area contributed by atoms with E-state index in [4.69, 9.17) is 15.2 Å². The molecule has 0 spiro atoms. The van der Waals surface area contributed by atoms with Crippen LogP contribution in [0.5, 0.6) is 0 Å². The third-order valence-corrected chi connectivity index (χ3v) is 4.22. The predicted molar refractivity (Wildman–Crippen MR) is 90.1 cm³/mol. The third kappa shape index (κ3) is 5.53. The van der Waals surface area contributed by atoms with Gasteiger partial charge >= 0.3 is 12.1 Å². The maximum absolute atomic E-state index is 12.2. The third-order valence-electron chi connectivity index (χ3n) is 4.22. The summed E-state index contributed by atoms with van der Waals surface area (Å²) < 4.78 is 10.3. The number of nitrogens with zero attached hydrogens (tertiary/aromatic N) is 1. The van der Waals surface area contributed by atoms with Crippen LogP contribution in [0, 0.1) is 5.92 Å². The van der Waals surface area contributed by atoms with E-state index in [9.17, 15) is 9.59 Å². The molecule has 1 amide bonds. The van der Waals surface area contributed by atoms with Crippen molar-refractivity contribution in [2.45, 2.75) is 38.8 Å². The number of carbonyl (C=O) groups excluding carboxylic acids is 2. The van der Waals surface area contributed by atoms with Crippen LogP contribution in [0.2, 0.25) is 0 Å². The number of hydrogen-bond acceptors (Lipinski definition) is 5. The van der Waals surface area contributed by atoms with Gasteiger partial charge in [0.2, 0.25) is 0 Å². The molecule has 1 unspecified atom stereocenters. The van der Waals surface area contributed by atoms with E-state index < -0.39 is 0 Å². The molecular formula is C18H26N2O4. The summed E-state index contributed by atoms with van der Waals surface area (Å²) in [5.41, 5.74) is 7.08. The minimum absolute atomic E-state index is 0.0727. The van der Waals surface area contributed by atoms with Gasteiger partial charge in [-0.2, -0.15) is 0 Å². The molecule has 2 rings (SSSR count). The highest BCUT2D eigenvalue weighted by Gasteiger charge is 2.33. The maximum atomic E-state index is 12.2. The summed E-state index contributed by atoms with van der Waals surface area (Å²) >= 11 is 0. The van der Waals surface area contributed by atoms with Crippen molar-refractivity contribution in [3.05, 3.63) is 35.9 Å². The van der Waals surface area contributed by atoms with Crippen LogP contribution in [0.4, 0.5) is 4.79 Å². The first-order valence-electron chi connectivity index (χ1n) is 8.47. The fraction of sp³-hybridized carbons (Fsp3) is 0.556. The summed E-state index contributed by atoms with van der Waals surface area (Å²) in [5.74, 6) is 0.0203. The van der Waals surface area contributed by atoms with E-state index in [1.54, 1.807) is 11.8 Å². The first kappa shape index (κ1) is 18.3. The van der Waals surface area contributed by atoms with E-state index in [0.29, 0.717) is 26.1 Å². The highest BCUT2D eigenvalue weighted by molar-refractivity contribution is 5.69. The number of ether oxygens (including phenoxy) is 2. The quantitative estimate of drug-likeness (QED) is 0.774. The Morgan fingerprint density at radius 2 is 1.96 bits per heavy atom. The van der Waals surface area contributed by atoms with Crippen LogP contribution in [0.15, 0.2) is 30.3 Å². The average molecular weight is 334 g/mol. The van der Waals surface area contributed by atoms with E-state index in [-0.39, 0.29) is 30.6 Å². The molecule has 0 aliphatic carbocycles. The molecule has 1 saturated heterocycles. The Morgan fingerprint density at radius 1 is 1.21 bits per heavy atom. The highest BCUT2D eigenvalue weighted by atomic mass is 16.6. The van der Waals surface area contributed by atoms with Crippen LogP contribution in [0.1, 0.15) is 31.7 Å². The summed E-state index contributed by atoms with van der Waals surface area (Å²) in [6.45, 7) is 3.54. The van der Waals surface area contributed by atoms with Crippen LogP contribution in [-0.4, -0.2) is 42.7 Å². The lowest BCUT2D eigenvalue weighted by atomic mass is 9.98. The van der Waals surface area contributed by atoms with Gasteiger partial charge in [0.25, 0.3) is 0 Å². The Balaban J connectivity index is 1.71. The molecule has 1 aromatic rings. The molecule has 132 valence electrons. The summed E-state index contributed by atoms with van der Waals surface area (Å²) in [7, 11) is 0. The lowest BCUT2D eigenvalue weighted by Crippen LogP contribution is -2.32. The molecule has 0 saturated carbocycles. The SMILES string of the molecule is CCOC(=O)CCCC1CN(C(=O)OCc2ccccc2)C[C@H]1N. The molecule has 1 aromatic carbocycles. The van der Waals surface area contributed by atoms with E-state index in [1.807, 2.05) is 30.3 Å². The molecule has 1 fully saturated rings. The molecule has 1 aliphatic rings. The van der Waals surface area contributed by atoms with Crippen LogP contribution >= 0.6 is 0 Å². The molecule has 6 nitrogen and oxygen atoms in total. The summed E-state index contributed by atoms with van der Waals surface area (Å²) in [6.07, 6.45) is 1.60. The zero-order valence-electron chi connectivity index (χ0n) is 14.1. The monoisotopic (exact) mass is 334 g/mol. The van der Waals surface area contributed by atoms with Crippen molar-refractivity contribution in [2.75, 3.05) is 19.7 Å². The molecule has 1 aliphatic heterocycles. The number of hydrogen-bond donors (Lipinski definition) is 1. The molecule has 0 radical (unpaired) electrons. The zero-order chi connectivity index (χ0) is 17.4. The van der Waals surface area contributed by atoms with Gasteiger partial charge in [0.1, 0.15) is 6.61 Å². The molecule has 0 bridgehead atoms. The number of nitrogens with two attached hydrogens (primary N) is 1. The summed E-state index contributed by atoms with van der Waals surface area (Å²) in [6, 6.07) is 9.51. The Labute approximate surface area is 142 Å². The second kappa shape index (κ2) is 9.27. The van der Waals surface area contributed by atoms with Crippen molar-refractivity contribution in [2.24, 2.45) is 11.7 Å². The summed E-state index contributed by atoms with van der Waals surface area (Å²) in [5, 5.41) is 0. The Morgan fingerprint density at radius 3 is 2.67 bits per heavy atom. The predicted octanol–water partition coefficient (Wildman–Crippen LogP) is 2.32. The lowest BCUT2D eigenvalue weighted by Gasteiger charge is -2.16. The smallest absolute Gasteiger partial charge is 0.410 e. The molecule has 2 N–H and O–H groups in total. The second-order valence-corrected chi connectivity index (χ2v) is 6.07. The van der Waals surface area contributed by atoms with Crippen molar-refractivity contribution in [3.63, 3.8) is 0 Å². The Bertz CT molecular complexity index is 535. The van der Waals surface area contributed by atoms with Crippen LogP contribution in [0.25, 0.3) is 0 Å². The first-order valence-corrected chi connectivity index (χ1v) is 8.47. The van der Waals surface area contributed by atoms with Gasteiger partial charge in [0, 0.05) is 25.6 Å². The van der Waals surface area contributed by atoms with E-state index in [2.05, 4.69) is 0 Å². The van der Waals surface area contributed by atoms with E-state index in [0.717, 1.165) is 18.4 Å². The molecule has 24 heavy (non-hydrogen) atoms. The number of rotatable bonds is 7. The number of amides is 1. The number of likely N-dealkylation sites (tertiary alicyclic amines) is 1. The van der Waals surface area contributed by atoms with Crippen molar-refractivity contribution in [1.29, 1.82) is 0 Å². The van der Waals surface area contributed by atoms with Gasteiger partial charge in [-0.05, 0) is 31.2 Å². The fourth-order valence-corrected chi connectivity index (χ4v) is 2.90. The number of benzene rings is 1. The van der Waals surface area contributed by atoms with Crippen LogP contribution < -0.4 is 5.73 Å². The van der Waals surface area contributed by atoms with Gasteiger partial charge in [0.15, 0.2) is 0 Å². The second-order valence-electron chi connectivity index (χ2n) is 6.07. The standard InChI is InChI=1S/C18H26N2O4/c1-2-23-17(21)10-6-9-15-11-20(12-16(15)19)18(22)24-13-14-7-4-3-5-8-14/h3-5,7-8,15-16H,2,6,9-13,19H2,1H3/t15?,16-/m1/s1. The fourth-order valence-electron chi connectivity index (χ4n) is 2.90. The zero-order valence-corrected chi connectivity index (χ0v) is 14.1. The van der Waals surface area contributed by atoms with Gasteiger partial charge in [0.05, 0.1) is 6.61 Å². The largest absolute Gasteiger partial charge is 0.466 e. The van der Waals surface area contributed by atoms with Crippen LogP contribution in [0.3, 0.4) is 0 Å². The van der Waals surface area contributed by atoms with Crippen molar-refractivity contribution < 1.29 is 19.1 Å². The van der Waals surface area contributed by atoms with Gasteiger partial charge in [-0.1, -0.05) is 30.3 Å². The Hall–Kier alpha value is -2.08. The number of esters is 1. The van der Waals surface area contributed by atoms with Crippen LogP contribution in [-0.2, 0) is 20.9 Å². The number of carbonyl (C=O) groups is 2. The normalized spacial score (nSPS) is 20.0. The first-order chi connectivity index (χ1) is 11.6. The lowest BCUT2D eigenvalue weighted by molar-refractivity contribution is -0.143. The molecule has 2 atom stereocenters. The van der Waals surface area contributed by atoms with Gasteiger partial charge in [-0.15, -0.1) is 0 Å². The van der Waals surface area contributed by atoms with Gasteiger partial charge < -0.3 is 20.1 Å². The molecule has 6 heteroatoms. The molecular weight excluding hydrogens is 308 g/mol. The summed E-state index contributed by atoms with van der Waals surface area (Å²) in [4.78, 5) is 25.2.